The molecular formula is C14H22N2O. The molecule has 0 aliphatic heterocycles. The van der Waals surface area contributed by atoms with Crippen molar-refractivity contribution in [1.29, 1.82) is 0 Å². The first-order valence-corrected chi connectivity index (χ1v) is 6.82. The second-order valence-corrected chi connectivity index (χ2v) is 5.02. The predicted molar refractivity (Wildman–Crippen MR) is 68.0 cm³/mol. The van der Waals surface area contributed by atoms with Crippen LogP contribution in [-0.4, -0.2) is 15.6 Å². The van der Waals surface area contributed by atoms with E-state index in [-0.39, 0.29) is 5.92 Å². The molecule has 1 aliphatic carbocycles. The lowest BCUT2D eigenvalue weighted by Gasteiger charge is -2.26. The van der Waals surface area contributed by atoms with E-state index in [2.05, 4.69) is 12.0 Å². The summed E-state index contributed by atoms with van der Waals surface area (Å²) in [6, 6.07) is 1.86. The van der Waals surface area contributed by atoms with Crippen LogP contribution in [0.15, 0.2) is 12.3 Å². The zero-order chi connectivity index (χ0) is 12.3. The molecule has 17 heavy (non-hydrogen) atoms. The molecule has 94 valence electrons. The van der Waals surface area contributed by atoms with Crippen LogP contribution in [-0.2, 0) is 6.54 Å². The number of carbonyl (C=O) groups excluding carboxylic acids is 1. The van der Waals surface area contributed by atoms with Crippen molar-refractivity contribution in [2.24, 2.45) is 11.8 Å². The Morgan fingerprint density at radius 1 is 1.35 bits per heavy atom. The smallest absolute Gasteiger partial charge is 0.183 e. The number of ketones is 1. The fourth-order valence-electron chi connectivity index (χ4n) is 2.84. The minimum atomic E-state index is 0.236. The maximum absolute atomic E-state index is 12.4. The maximum Gasteiger partial charge on any atom is 0.183 e. The topological polar surface area (TPSA) is 34.9 Å². The van der Waals surface area contributed by atoms with Crippen molar-refractivity contribution in [3.05, 3.63) is 18.0 Å². The summed E-state index contributed by atoms with van der Waals surface area (Å²) >= 11 is 0. The van der Waals surface area contributed by atoms with Crippen LogP contribution in [0.2, 0.25) is 0 Å². The molecule has 0 unspecified atom stereocenters. The number of hydrogen-bond acceptors (Lipinski definition) is 2. The molecule has 0 bridgehead atoms. The first-order valence-electron chi connectivity index (χ1n) is 6.82. The van der Waals surface area contributed by atoms with Gasteiger partial charge in [0.05, 0.1) is 0 Å². The minimum absolute atomic E-state index is 0.236. The quantitative estimate of drug-likeness (QED) is 0.749. The third-order valence-corrected chi connectivity index (χ3v) is 4.06. The Bertz CT molecular complexity index is 375. The summed E-state index contributed by atoms with van der Waals surface area (Å²) in [4.78, 5) is 12.4. The van der Waals surface area contributed by atoms with Gasteiger partial charge in [0.2, 0.25) is 0 Å². The van der Waals surface area contributed by atoms with Gasteiger partial charge in [-0.1, -0.05) is 13.3 Å². The molecule has 0 N–H and O–H groups in total. The lowest BCUT2D eigenvalue weighted by Crippen LogP contribution is -2.24. The Kier molecular flexibility index (Phi) is 3.97. The van der Waals surface area contributed by atoms with E-state index in [1.54, 1.807) is 6.20 Å². The van der Waals surface area contributed by atoms with Gasteiger partial charge in [0, 0.05) is 18.7 Å². The summed E-state index contributed by atoms with van der Waals surface area (Å²) < 4.78 is 1.81. The fraction of sp³-hybridized carbons (Fsp3) is 0.714. The Hall–Kier alpha value is -1.12. The molecule has 0 amide bonds. The lowest BCUT2D eigenvalue weighted by molar-refractivity contribution is 0.0860. The molecule has 3 nitrogen and oxygen atoms in total. The Morgan fingerprint density at radius 2 is 2.06 bits per heavy atom. The average Bonchev–Trinajstić information content (AvgIpc) is 2.86. The molecule has 0 atom stereocenters. The molecule has 2 rings (SSSR count). The summed E-state index contributed by atoms with van der Waals surface area (Å²) in [5.74, 6) is 1.38. The van der Waals surface area contributed by atoms with Crippen LogP contribution in [0, 0.1) is 11.8 Å². The van der Waals surface area contributed by atoms with Gasteiger partial charge in [-0.25, -0.2) is 0 Å². The van der Waals surface area contributed by atoms with E-state index in [0.717, 1.165) is 31.0 Å². The van der Waals surface area contributed by atoms with E-state index in [1.807, 2.05) is 17.7 Å². The largest absolute Gasteiger partial charge is 0.292 e. The molecular weight excluding hydrogens is 212 g/mol. The standard InChI is InChI=1S/C14H22N2O/c1-3-11-5-7-12(8-6-11)14(17)13-9-10-15-16(13)4-2/h9-12H,3-8H2,1-2H3. The summed E-state index contributed by atoms with van der Waals surface area (Å²) in [6.45, 7) is 5.05. The van der Waals surface area contributed by atoms with E-state index in [0.29, 0.717) is 5.78 Å². The van der Waals surface area contributed by atoms with Crippen molar-refractivity contribution in [3.8, 4) is 0 Å². The van der Waals surface area contributed by atoms with Gasteiger partial charge in [-0.15, -0.1) is 0 Å². The molecule has 0 spiro atoms. The van der Waals surface area contributed by atoms with Gasteiger partial charge in [-0.3, -0.25) is 9.48 Å². The van der Waals surface area contributed by atoms with Crippen molar-refractivity contribution in [2.75, 3.05) is 0 Å². The van der Waals surface area contributed by atoms with Crippen LogP contribution in [0.4, 0.5) is 0 Å². The molecule has 3 heteroatoms. The first-order chi connectivity index (χ1) is 8.26. The van der Waals surface area contributed by atoms with E-state index in [9.17, 15) is 4.79 Å². The molecule has 1 aromatic heterocycles. The van der Waals surface area contributed by atoms with Crippen LogP contribution in [0.25, 0.3) is 0 Å². The van der Waals surface area contributed by atoms with Crippen molar-refractivity contribution in [1.82, 2.24) is 9.78 Å². The van der Waals surface area contributed by atoms with Crippen molar-refractivity contribution < 1.29 is 4.79 Å². The SMILES string of the molecule is CCC1CCC(C(=O)c2ccnn2CC)CC1. The predicted octanol–water partition coefficient (Wildman–Crippen LogP) is 3.30. The van der Waals surface area contributed by atoms with Crippen LogP contribution >= 0.6 is 0 Å². The van der Waals surface area contributed by atoms with Crippen molar-refractivity contribution in [2.45, 2.75) is 52.5 Å². The lowest BCUT2D eigenvalue weighted by atomic mass is 9.78. The fourth-order valence-corrected chi connectivity index (χ4v) is 2.84. The molecule has 1 fully saturated rings. The van der Waals surface area contributed by atoms with E-state index in [4.69, 9.17) is 0 Å². The summed E-state index contributed by atoms with van der Waals surface area (Å²) in [5.41, 5.74) is 0.799. The second kappa shape index (κ2) is 5.48. The highest BCUT2D eigenvalue weighted by Gasteiger charge is 2.27. The van der Waals surface area contributed by atoms with Crippen LogP contribution in [0.1, 0.15) is 56.4 Å². The first kappa shape index (κ1) is 12.3. The highest BCUT2D eigenvalue weighted by atomic mass is 16.1. The molecule has 0 saturated heterocycles. The number of nitrogens with zero attached hydrogens (tertiary/aromatic N) is 2. The number of aromatic nitrogens is 2. The summed E-state index contributed by atoms with van der Waals surface area (Å²) in [5, 5.41) is 4.18. The average molecular weight is 234 g/mol. The van der Waals surface area contributed by atoms with E-state index < -0.39 is 0 Å². The Balaban J connectivity index is 2.02. The maximum atomic E-state index is 12.4. The van der Waals surface area contributed by atoms with E-state index in [1.165, 1.54) is 19.3 Å². The van der Waals surface area contributed by atoms with Gasteiger partial charge in [0.1, 0.15) is 5.69 Å². The third kappa shape index (κ3) is 2.59. The number of hydrogen-bond donors (Lipinski definition) is 0. The highest BCUT2D eigenvalue weighted by molar-refractivity contribution is 5.96. The highest BCUT2D eigenvalue weighted by Crippen LogP contribution is 2.32. The number of Topliss-reactive ketones (excluding diaryl/α,β-unsaturated/α-hetero) is 1. The summed E-state index contributed by atoms with van der Waals surface area (Å²) in [7, 11) is 0. The molecule has 1 aliphatic rings. The molecule has 1 saturated carbocycles. The van der Waals surface area contributed by atoms with Gasteiger partial charge in [0.25, 0.3) is 0 Å². The minimum Gasteiger partial charge on any atom is -0.292 e. The number of carbonyl (C=O) groups is 1. The monoisotopic (exact) mass is 234 g/mol. The zero-order valence-electron chi connectivity index (χ0n) is 10.9. The zero-order valence-corrected chi connectivity index (χ0v) is 10.9. The van der Waals surface area contributed by atoms with Gasteiger partial charge in [-0.05, 0) is 44.6 Å². The Morgan fingerprint density at radius 3 is 2.65 bits per heavy atom. The van der Waals surface area contributed by atoms with Gasteiger partial charge in [-0.2, -0.15) is 5.10 Å². The van der Waals surface area contributed by atoms with Crippen molar-refractivity contribution >= 4 is 5.78 Å². The molecule has 0 radical (unpaired) electrons. The van der Waals surface area contributed by atoms with Gasteiger partial charge < -0.3 is 0 Å². The van der Waals surface area contributed by atoms with E-state index >= 15 is 0 Å². The van der Waals surface area contributed by atoms with Crippen LogP contribution in [0.3, 0.4) is 0 Å². The van der Waals surface area contributed by atoms with Crippen LogP contribution in [0.5, 0.6) is 0 Å². The van der Waals surface area contributed by atoms with Gasteiger partial charge in [0.15, 0.2) is 5.78 Å². The second-order valence-electron chi connectivity index (χ2n) is 5.02. The molecule has 1 aromatic rings. The Labute approximate surface area is 103 Å². The molecule has 1 heterocycles. The molecule has 0 aromatic carbocycles. The third-order valence-electron chi connectivity index (χ3n) is 4.06. The van der Waals surface area contributed by atoms with Gasteiger partial charge >= 0.3 is 0 Å². The number of rotatable bonds is 4. The number of aryl methyl sites for hydroxylation is 1. The summed E-state index contributed by atoms with van der Waals surface area (Å²) in [6.07, 6.45) is 7.54. The van der Waals surface area contributed by atoms with Crippen molar-refractivity contribution in [3.63, 3.8) is 0 Å². The van der Waals surface area contributed by atoms with Crippen LogP contribution < -0.4 is 0 Å². The normalized spacial score (nSPS) is 24.8.